The molecule has 2 aliphatic heterocycles. The summed E-state index contributed by atoms with van der Waals surface area (Å²) in [6.07, 6.45) is 3.78. The highest BCUT2D eigenvalue weighted by atomic mass is 15.3. The van der Waals surface area contributed by atoms with Crippen LogP contribution in [-0.2, 0) is 0 Å². The number of nitrogens with zero attached hydrogens (tertiary/aromatic N) is 2. The second kappa shape index (κ2) is 5.68. The monoisotopic (exact) mass is 239 g/mol. The molecule has 3 unspecified atom stereocenters. The SMILES string of the molecule is CCC1CN(C2CCN(C(C)C)C2)CCC1N. The number of piperidine rings is 1. The third-order valence-electron chi connectivity index (χ3n) is 4.79. The smallest absolute Gasteiger partial charge is 0.0235 e. The molecule has 3 nitrogen and oxygen atoms in total. The minimum atomic E-state index is 0.443. The van der Waals surface area contributed by atoms with Gasteiger partial charge in [-0.05, 0) is 39.2 Å². The first kappa shape index (κ1) is 13.3. The Hall–Kier alpha value is -0.120. The van der Waals surface area contributed by atoms with Gasteiger partial charge >= 0.3 is 0 Å². The number of hydrogen-bond acceptors (Lipinski definition) is 3. The molecule has 0 aromatic carbocycles. The third kappa shape index (κ3) is 3.01. The molecule has 2 aliphatic rings. The van der Waals surface area contributed by atoms with E-state index < -0.39 is 0 Å². The summed E-state index contributed by atoms with van der Waals surface area (Å²) in [5.41, 5.74) is 6.19. The van der Waals surface area contributed by atoms with Crippen molar-refractivity contribution in [1.29, 1.82) is 0 Å². The topological polar surface area (TPSA) is 32.5 Å². The molecule has 3 heteroatoms. The molecular formula is C14H29N3. The Labute approximate surface area is 106 Å². The van der Waals surface area contributed by atoms with E-state index >= 15 is 0 Å². The third-order valence-corrected chi connectivity index (χ3v) is 4.79. The molecule has 2 fully saturated rings. The van der Waals surface area contributed by atoms with E-state index in [0.717, 1.165) is 12.0 Å². The average Bonchev–Trinajstić information content (AvgIpc) is 2.79. The van der Waals surface area contributed by atoms with Gasteiger partial charge in [0.05, 0.1) is 0 Å². The van der Waals surface area contributed by atoms with Gasteiger partial charge in [0.15, 0.2) is 0 Å². The number of nitrogens with two attached hydrogens (primary N) is 1. The van der Waals surface area contributed by atoms with E-state index in [9.17, 15) is 0 Å². The number of hydrogen-bond donors (Lipinski definition) is 1. The Morgan fingerprint density at radius 2 is 1.94 bits per heavy atom. The Morgan fingerprint density at radius 1 is 1.18 bits per heavy atom. The van der Waals surface area contributed by atoms with E-state index in [0.29, 0.717) is 12.1 Å². The predicted molar refractivity (Wildman–Crippen MR) is 73.1 cm³/mol. The maximum Gasteiger partial charge on any atom is 0.0235 e. The molecule has 3 atom stereocenters. The van der Waals surface area contributed by atoms with Crippen molar-refractivity contribution >= 4 is 0 Å². The van der Waals surface area contributed by atoms with Crippen LogP contribution in [0.2, 0.25) is 0 Å². The van der Waals surface area contributed by atoms with Gasteiger partial charge in [0, 0.05) is 37.8 Å². The van der Waals surface area contributed by atoms with Crippen molar-refractivity contribution in [3.8, 4) is 0 Å². The molecular weight excluding hydrogens is 210 g/mol. The van der Waals surface area contributed by atoms with Crippen LogP contribution in [0.25, 0.3) is 0 Å². The van der Waals surface area contributed by atoms with E-state index in [-0.39, 0.29) is 0 Å². The van der Waals surface area contributed by atoms with Crippen molar-refractivity contribution in [1.82, 2.24) is 9.80 Å². The van der Waals surface area contributed by atoms with Crippen LogP contribution in [0, 0.1) is 5.92 Å². The van der Waals surface area contributed by atoms with Crippen LogP contribution in [0.4, 0.5) is 0 Å². The van der Waals surface area contributed by atoms with Crippen LogP contribution in [0.3, 0.4) is 0 Å². The van der Waals surface area contributed by atoms with Gasteiger partial charge in [0.1, 0.15) is 0 Å². The maximum atomic E-state index is 6.19. The summed E-state index contributed by atoms with van der Waals surface area (Å²) in [4.78, 5) is 5.32. The molecule has 0 amide bonds. The predicted octanol–water partition coefficient (Wildman–Crippen LogP) is 1.53. The first-order chi connectivity index (χ1) is 8.11. The molecule has 100 valence electrons. The minimum Gasteiger partial charge on any atom is -0.327 e. The normalized spacial score (nSPS) is 36.9. The first-order valence-electron chi connectivity index (χ1n) is 7.35. The minimum absolute atomic E-state index is 0.443. The largest absolute Gasteiger partial charge is 0.327 e. The van der Waals surface area contributed by atoms with E-state index in [2.05, 4.69) is 30.6 Å². The van der Waals surface area contributed by atoms with Crippen LogP contribution in [-0.4, -0.2) is 54.1 Å². The molecule has 0 saturated carbocycles. The molecule has 0 aromatic heterocycles. The summed E-state index contributed by atoms with van der Waals surface area (Å²) in [5.74, 6) is 0.719. The first-order valence-corrected chi connectivity index (χ1v) is 7.35. The Bertz CT molecular complexity index is 242. The second-order valence-electron chi connectivity index (χ2n) is 6.15. The van der Waals surface area contributed by atoms with Crippen LogP contribution in [0.5, 0.6) is 0 Å². The summed E-state index contributed by atoms with van der Waals surface area (Å²) in [6, 6.07) is 1.94. The lowest BCUT2D eigenvalue weighted by molar-refractivity contribution is 0.105. The molecule has 0 aromatic rings. The molecule has 0 aliphatic carbocycles. The van der Waals surface area contributed by atoms with Gasteiger partial charge in [0.2, 0.25) is 0 Å². The van der Waals surface area contributed by atoms with Crippen LogP contribution in [0.1, 0.15) is 40.0 Å². The summed E-state index contributed by atoms with van der Waals surface area (Å²) >= 11 is 0. The quantitative estimate of drug-likeness (QED) is 0.810. The van der Waals surface area contributed by atoms with Gasteiger partial charge in [0.25, 0.3) is 0 Å². The van der Waals surface area contributed by atoms with Crippen molar-refractivity contribution in [3.05, 3.63) is 0 Å². The summed E-state index contributed by atoms with van der Waals surface area (Å²) < 4.78 is 0. The maximum absolute atomic E-state index is 6.19. The van der Waals surface area contributed by atoms with Gasteiger partial charge in [-0.3, -0.25) is 9.80 Å². The van der Waals surface area contributed by atoms with Crippen LogP contribution < -0.4 is 5.73 Å². The highest BCUT2D eigenvalue weighted by Gasteiger charge is 2.33. The zero-order valence-corrected chi connectivity index (χ0v) is 11.7. The van der Waals surface area contributed by atoms with Crippen molar-refractivity contribution in [2.45, 2.75) is 58.2 Å². The van der Waals surface area contributed by atoms with Gasteiger partial charge in [-0.2, -0.15) is 0 Å². The van der Waals surface area contributed by atoms with Crippen LogP contribution in [0.15, 0.2) is 0 Å². The van der Waals surface area contributed by atoms with E-state index in [1.165, 1.54) is 45.4 Å². The second-order valence-corrected chi connectivity index (χ2v) is 6.15. The van der Waals surface area contributed by atoms with Crippen molar-refractivity contribution in [2.24, 2.45) is 11.7 Å². The number of rotatable bonds is 3. The zero-order valence-electron chi connectivity index (χ0n) is 11.7. The average molecular weight is 239 g/mol. The van der Waals surface area contributed by atoms with Gasteiger partial charge in [-0.25, -0.2) is 0 Å². The summed E-state index contributed by atoms with van der Waals surface area (Å²) in [6.45, 7) is 11.9. The molecule has 2 rings (SSSR count). The lowest BCUT2D eigenvalue weighted by atomic mass is 9.90. The Balaban J connectivity index is 1.87. The van der Waals surface area contributed by atoms with Crippen molar-refractivity contribution < 1.29 is 0 Å². The van der Waals surface area contributed by atoms with Gasteiger partial charge in [-0.1, -0.05) is 13.3 Å². The zero-order chi connectivity index (χ0) is 12.4. The van der Waals surface area contributed by atoms with E-state index in [4.69, 9.17) is 5.73 Å². The summed E-state index contributed by atoms with van der Waals surface area (Å²) in [7, 11) is 0. The fraction of sp³-hybridized carbons (Fsp3) is 1.00. The molecule has 0 spiro atoms. The standard InChI is InChI=1S/C14H29N3/c1-4-12-9-17(8-6-14(12)15)13-5-7-16(10-13)11(2)3/h11-14H,4-10,15H2,1-3H3. The van der Waals surface area contributed by atoms with E-state index in [1.54, 1.807) is 0 Å². The molecule has 0 radical (unpaired) electrons. The lowest BCUT2D eigenvalue weighted by Crippen LogP contribution is -2.51. The molecule has 2 saturated heterocycles. The Kier molecular flexibility index (Phi) is 4.45. The molecule has 0 bridgehead atoms. The highest BCUT2D eigenvalue weighted by molar-refractivity contribution is 4.90. The molecule has 2 N–H and O–H groups in total. The van der Waals surface area contributed by atoms with Gasteiger partial charge < -0.3 is 5.73 Å². The fourth-order valence-corrected chi connectivity index (χ4v) is 3.38. The van der Waals surface area contributed by atoms with Gasteiger partial charge in [-0.15, -0.1) is 0 Å². The van der Waals surface area contributed by atoms with Crippen molar-refractivity contribution in [2.75, 3.05) is 26.2 Å². The van der Waals surface area contributed by atoms with Crippen LogP contribution >= 0.6 is 0 Å². The fourth-order valence-electron chi connectivity index (χ4n) is 3.38. The number of likely N-dealkylation sites (tertiary alicyclic amines) is 2. The lowest BCUT2D eigenvalue weighted by Gasteiger charge is -2.40. The molecule has 2 heterocycles. The Morgan fingerprint density at radius 3 is 2.53 bits per heavy atom. The highest BCUT2D eigenvalue weighted by Crippen LogP contribution is 2.25. The van der Waals surface area contributed by atoms with Crippen molar-refractivity contribution in [3.63, 3.8) is 0 Å². The molecule has 17 heavy (non-hydrogen) atoms. The van der Waals surface area contributed by atoms with E-state index in [1.807, 2.05) is 0 Å². The summed E-state index contributed by atoms with van der Waals surface area (Å²) in [5, 5.41) is 0.